The van der Waals surface area contributed by atoms with Crippen LogP contribution in [0.15, 0.2) is 42.5 Å². The summed E-state index contributed by atoms with van der Waals surface area (Å²) in [6.45, 7) is 3.77. The number of aryl methyl sites for hydroxylation is 1. The van der Waals surface area contributed by atoms with Crippen molar-refractivity contribution in [3.63, 3.8) is 0 Å². The van der Waals surface area contributed by atoms with Crippen LogP contribution in [0.1, 0.15) is 21.5 Å². The van der Waals surface area contributed by atoms with Crippen LogP contribution in [0.2, 0.25) is 0 Å². The molecule has 0 aliphatic carbocycles. The van der Waals surface area contributed by atoms with Crippen LogP contribution in [0.5, 0.6) is 0 Å². The van der Waals surface area contributed by atoms with Gasteiger partial charge < -0.3 is 5.11 Å². The van der Waals surface area contributed by atoms with E-state index in [1.807, 2.05) is 50.2 Å². The zero-order chi connectivity index (χ0) is 12.4. The van der Waals surface area contributed by atoms with Gasteiger partial charge in [0.05, 0.1) is 5.56 Å². The third-order valence-corrected chi connectivity index (χ3v) is 2.87. The lowest BCUT2D eigenvalue weighted by Crippen LogP contribution is -2.02. The van der Waals surface area contributed by atoms with Crippen LogP contribution >= 0.6 is 0 Å². The van der Waals surface area contributed by atoms with Crippen LogP contribution in [-0.2, 0) is 0 Å². The van der Waals surface area contributed by atoms with E-state index in [2.05, 4.69) is 0 Å². The molecule has 0 amide bonds. The summed E-state index contributed by atoms with van der Waals surface area (Å²) in [5.41, 5.74) is 4.20. The number of hydrogen-bond acceptors (Lipinski definition) is 1. The normalized spacial score (nSPS) is 10.2. The highest BCUT2D eigenvalue weighted by molar-refractivity contribution is 5.92. The van der Waals surface area contributed by atoms with Gasteiger partial charge >= 0.3 is 5.97 Å². The lowest BCUT2D eigenvalue weighted by Gasteiger charge is -2.10. The summed E-state index contributed by atoms with van der Waals surface area (Å²) < 4.78 is 0. The second-order valence-corrected chi connectivity index (χ2v) is 4.16. The Balaban J connectivity index is 2.67. The highest BCUT2D eigenvalue weighted by Crippen LogP contribution is 2.27. The highest BCUT2D eigenvalue weighted by Gasteiger charge is 2.12. The molecule has 2 heteroatoms. The van der Waals surface area contributed by atoms with E-state index in [0.717, 1.165) is 22.3 Å². The van der Waals surface area contributed by atoms with Crippen molar-refractivity contribution in [2.24, 2.45) is 0 Å². The highest BCUT2D eigenvalue weighted by atomic mass is 16.4. The molecule has 2 aromatic rings. The lowest BCUT2D eigenvalue weighted by atomic mass is 9.94. The molecule has 0 aliphatic rings. The number of benzene rings is 2. The first-order chi connectivity index (χ1) is 8.09. The number of carboxylic acids is 1. The molecule has 0 aliphatic heterocycles. The van der Waals surface area contributed by atoms with Gasteiger partial charge in [-0.15, -0.1) is 0 Å². The first-order valence-corrected chi connectivity index (χ1v) is 5.49. The van der Waals surface area contributed by atoms with E-state index in [1.165, 1.54) is 0 Å². The minimum Gasteiger partial charge on any atom is -0.478 e. The molecule has 2 aromatic carbocycles. The Morgan fingerprint density at radius 2 is 1.71 bits per heavy atom. The van der Waals surface area contributed by atoms with E-state index in [-0.39, 0.29) is 0 Å². The lowest BCUT2D eigenvalue weighted by molar-refractivity contribution is 0.0696. The maximum absolute atomic E-state index is 11.2. The van der Waals surface area contributed by atoms with Crippen molar-refractivity contribution in [1.29, 1.82) is 0 Å². The molecule has 0 saturated heterocycles. The van der Waals surface area contributed by atoms with Gasteiger partial charge in [0.25, 0.3) is 0 Å². The molecule has 0 saturated carbocycles. The molecule has 2 nitrogen and oxygen atoms in total. The van der Waals surface area contributed by atoms with Gasteiger partial charge in [0.2, 0.25) is 0 Å². The maximum atomic E-state index is 11.2. The Labute approximate surface area is 101 Å². The van der Waals surface area contributed by atoms with Crippen molar-refractivity contribution in [2.45, 2.75) is 13.8 Å². The topological polar surface area (TPSA) is 37.3 Å². The van der Waals surface area contributed by atoms with Gasteiger partial charge in [-0.1, -0.05) is 36.4 Å². The predicted octanol–water partition coefficient (Wildman–Crippen LogP) is 3.67. The average molecular weight is 226 g/mol. The second kappa shape index (κ2) is 4.42. The minimum absolute atomic E-state index is 0.379. The molecule has 0 atom stereocenters. The van der Waals surface area contributed by atoms with Gasteiger partial charge in [-0.2, -0.15) is 0 Å². The molecule has 0 spiro atoms. The van der Waals surface area contributed by atoms with Crippen LogP contribution in [0.25, 0.3) is 11.1 Å². The van der Waals surface area contributed by atoms with E-state index < -0.39 is 5.97 Å². The summed E-state index contributed by atoms with van der Waals surface area (Å²) in [5, 5.41) is 9.16. The number of carboxylic acid groups (broad SMARTS) is 1. The molecule has 0 unspecified atom stereocenters. The fourth-order valence-electron chi connectivity index (χ4n) is 2.00. The molecule has 86 valence electrons. The predicted molar refractivity (Wildman–Crippen MR) is 68.3 cm³/mol. The van der Waals surface area contributed by atoms with E-state index in [0.29, 0.717) is 5.56 Å². The Bertz CT molecular complexity index is 557. The number of rotatable bonds is 2. The summed E-state index contributed by atoms with van der Waals surface area (Å²) in [4.78, 5) is 11.2. The van der Waals surface area contributed by atoms with Crippen molar-refractivity contribution in [1.82, 2.24) is 0 Å². The molecular weight excluding hydrogens is 212 g/mol. The van der Waals surface area contributed by atoms with E-state index in [4.69, 9.17) is 5.11 Å². The molecule has 1 N–H and O–H groups in total. The summed E-state index contributed by atoms with van der Waals surface area (Å²) in [7, 11) is 0. The number of hydrogen-bond donors (Lipinski definition) is 1. The molecule has 0 radical (unpaired) electrons. The maximum Gasteiger partial charge on any atom is 0.335 e. The fraction of sp³-hybridized carbons (Fsp3) is 0.133. The molecule has 17 heavy (non-hydrogen) atoms. The zero-order valence-corrected chi connectivity index (χ0v) is 9.90. The number of aromatic carboxylic acids is 1. The van der Waals surface area contributed by atoms with Crippen LogP contribution in [0.3, 0.4) is 0 Å². The smallest absolute Gasteiger partial charge is 0.335 e. The van der Waals surface area contributed by atoms with Gasteiger partial charge in [-0.05, 0) is 42.2 Å². The average Bonchev–Trinajstić information content (AvgIpc) is 2.32. The quantitative estimate of drug-likeness (QED) is 0.848. The molecule has 0 heterocycles. The van der Waals surface area contributed by atoms with Crippen molar-refractivity contribution >= 4 is 5.97 Å². The van der Waals surface area contributed by atoms with Crippen molar-refractivity contribution in [2.75, 3.05) is 0 Å². The Kier molecular flexibility index (Phi) is 2.96. The summed E-state index contributed by atoms with van der Waals surface area (Å²) in [6, 6.07) is 13.6. The van der Waals surface area contributed by atoms with Gasteiger partial charge in [-0.3, -0.25) is 0 Å². The third kappa shape index (κ3) is 2.21. The summed E-state index contributed by atoms with van der Waals surface area (Å²) in [5.74, 6) is -0.872. The first kappa shape index (κ1) is 11.4. The van der Waals surface area contributed by atoms with E-state index in [9.17, 15) is 4.79 Å². The standard InChI is InChI=1S/C15H14O2/c1-10-8-13(12-6-4-3-5-7-12)11(2)14(9-10)15(16)17/h3-9H,1-2H3,(H,16,17). The Morgan fingerprint density at radius 1 is 1.06 bits per heavy atom. The summed E-state index contributed by atoms with van der Waals surface area (Å²) >= 11 is 0. The van der Waals surface area contributed by atoms with Crippen molar-refractivity contribution in [3.05, 3.63) is 59.2 Å². The first-order valence-electron chi connectivity index (χ1n) is 5.49. The molecule has 0 bridgehead atoms. The Morgan fingerprint density at radius 3 is 2.29 bits per heavy atom. The van der Waals surface area contributed by atoms with Crippen molar-refractivity contribution in [3.8, 4) is 11.1 Å². The fourth-order valence-corrected chi connectivity index (χ4v) is 2.00. The SMILES string of the molecule is Cc1cc(C(=O)O)c(C)c(-c2ccccc2)c1. The third-order valence-electron chi connectivity index (χ3n) is 2.87. The molecule has 2 rings (SSSR count). The second-order valence-electron chi connectivity index (χ2n) is 4.16. The summed E-state index contributed by atoms with van der Waals surface area (Å²) in [6.07, 6.45) is 0. The van der Waals surface area contributed by atoms with Gasteiger partial charge in [0.15, 0.2) is 0 Å². The van der Waals surface area contributed by atoms with Crippen LogP contribution in [0, 0.1) is 13.8 Å². The largest absolute Gasteiger partial charge is 0.478 e. The molecule has 0 fully saturated rings. The zero-order valence-electron chi connectivity index (χ0n) is 9.90. The van der Waals surface area contributed by atoms with Crippen LogP contribution < -0.4 is 0 Å². The number of carbonyl (C=O) groups is 1. The molecular formula is C15H14O2. The van der Waals surface area contributed by atoms with E-state index in [1.54, 1.807) is 6.07 Å². The van der Waals surface area contributed by atoms with Gasteiger partial charge in [0, 0.05) is 0 Å². The Hall–Kier alpha value is -2.09. The van der Waals surface area contributed by atoms with Crippen LogP contribution in [-0.4, -0.2) is 11.1 Å². The van der Waals surface area contributed by atoms with Crippen molar-refractivity contribution < 1.29 is 9.90 Å². The van der Waals surface area contributed by atoms with E-state index >= 15 is 0 Å². The monoisotopic (exact) mass is 226 g/mol. The van der Waals surface area contributed by atoms with Crippen LogP contribution in [0.4, 0.5) is 0 Å². The minimum atomic E-state index is -0.872. The van der Waals surface area contributed by atoms with Gasteiger partial charge in [0.1, 0.15) is 0 Å². The van der Waals surface area contributed by atoms with Gasteiger partial charge in [-0.25, -0.2) is 4.79 Å². The molecule has 0 aromatic heterocycles.